The van der Waals surface area contributed by atoms with Gasteiger partial charge in [-0.3, -0.25) is 5.32 Å². The van der Waals surface area contributed by atoms with E-state index in [-0.39, 0.29) is 10.9 Å². The number of aromatic nitrogens is 2. The third-order valence-electron chi connectivity index (χ3n) is 2.99. The Morgan fingerprint density at radius 1 is 1.38 bits per heavy atom. The second-order valence-corrected chi connectivity index (χ2v) is 6.26. The Kier molecular flexibility index (Phi) is 5.42. The van der Waals surface area contributed by atoms with Crippen LogP contribution in [0.1, 0.15) is 17.5 Å². The Balaban J connectivity index is 1.89. The van der Waals surface area contributed by atoms with E-state index < -0.39 is 24.1 Å². The molecule has 1 aromatic heterocycles. The Morgan fingerprint density at radius 2 is 2.12 bits per heavy atom. The predicted octanol–water partition coefficient (Wildman–Crippen LogP) is 1.23. The van der Waals surface area contributed by atoms with Crippen LogP contribution in [0.25, 0.3) is 0 Å². The van der Waals surface area contributed by atoms with Gasteiger partial charge in [0.15, 0.2) is 5.60 Å². The van der Waals surface area contributed by atoms with E-state index >= 15 is 0 Å². The molecule has 10 heteroatoms. The van der Waals surface area contributed by atoms with Gasteiger partial charge in [-0.2, -0.15) is 0 Å². The zero-order chi connectivity index (χ0) is 17.7. The lowest BCUT2D eigenvalue weighted by Crippen LogP contribution is -2.47. The summed E-state index contributed by atoms with van der Waals surface area (Å²) in [7, 11) is 0. The first-order valence-corrected chi connectivity index (χ1v) is 7.65. The number of benzene rings is 1. The zero-order valence-corrected chi connectivity index (χ0v) is 13.4. The second kappa shape index (κ2) is 7.32. The van der Waals surface area contributed by atoms with Gasteiger partial charge in [0, 0.05) is 6.42 Å². The van der Waals surface area contributed by atoms with Crippen LogP contribution in [0, 0.1) is 5.82 Å². The summed E-state index contributed by atoms with van der Waals surface area (Å²) in [6, 6.07) is 5.34. The molecule has 24 heavy (non-hydrogen) atoms. The molecule has 0 bridgehead atoms. The highest BCUT2D eigenvalue weighted by molar-refractivity contribution is 7.15. The topological polar surface area (TPSA) is 124 Å². The molecule has 0 spiro atoms. The molecule has 1 unspecified atom stereocenters. The van der Waals surface area contributed by atoms with Gasteiger partial charge in [-0.25, -0.2) is 14.0 Å². The first kappa shape index (κ1) is 17.8. The number of amides is 2. The van der Waals surface area contributed by atoms with Crippen LogP contribution in [-0.4, -0.2) is 44.6 Å². The second-order valence-electron chi connectivity index (χ2n) is 5.19. The van der Waals surface area contributed by atoms with Gasteiger partial charge in [-0.1, -0.05) is 23.5 Å². The summed E-state index contributed by atoms with van der Waals surface area (Å²) in [5.41, 5.74) is -1.35. The quantitative estimate of drug-likeness (QED) is 0.618. The van der Waals surface area contributed by atoms with Gasteiger partial charge in [0.25, 0.3) is 0 Å². The first-order valence-electron chi connectivity index (χ1n) is 6.84. The van der Waals surface area contributed by atoms with Crippen LogP contribution < -0.4 is 10.6 Å². The number of carbonyl (C=O) groups excluding carboxylic acids is 1. The van der Waals surface area contributed by atoms with Crippen molar-refractivity contribution >= 4 is 28.5 Å². The molecule has 1 atom stereocenters. The summed E-state index contributed by atoms with van der Waals surface area (Å²) in [5.74, 6) is -1.80. The molecular formula is C14H15FN4O4S. The van der Waals surface area contributed by atoms with E-state index in [1.807, 2.05) is 0 Å². The fraction of sp³-hybridized carbons (Fsp3) is 0.286. The summed E-state index contributed by atoms with van der Waals surface area (Å²) >= 11 is 1.11. The summed E-state index contributed by atoms with van der Waals surface area (Å²) in [6.45, 7) is 0.598. The van der Waals surface area contributed by atoms with Crippen molar-refractivity contribution in [2.45, 2.75) is 18.9 Å². The summed E-state index contributed by atoms with van der Waals surface area (Å²) < 4.78 is 13.1. The van der Waals surface area contributed by atoms with Crippen molar-refractivity contribution in [1.82, 2.24) is 15.5 Å². The highest BCUT2D eigenvalue weighted by Crippen LogP contribution is 2.18. The molecule has 8 nitrogen and oxygen atoms in total. The van der Waals surface area contributed by atoms with Gasteiger partial charge in [-0.05, 0) is 24.6 Å². The number of nitrogens with zero attached hydrogens (tertiary/aromatic N) is 2. The van der Waals surface area contributed by atoms with Crippen molar-refractivity contribution in [2.75, 3.05) is 11.9 Å². The van der Waals surface area contributed by atoms with E-state index in [0.29, 0.717) is 11.4 Å². The molecule has 0 radical (unpaired) electrons. The maximum atomic E-state index is 13.1. The van der Waals surface area contributed by atoms with Crippen LogP contribution in [0.4, 0.5) is 14.3 Å². The summed E-state index contributed by atoms with van der Waals surface area (Å²) in [6.07, 6.45) is 0.368. The Morgan fingerprint density at radius 3 is 2.79 bits per heavy atom. The number of halogens is 1. The van der Waals surface area contributed by atoms with Crippen LogP contribution in [0.5, 0.6) is 0 Å². The standard InChI is InChI=1S/C14H15FN4O4S/c1-14(23,11(20)21)7-16-12(22)17-13-19-18-10(24-13)6-8-3-2-4-9(15)5-8/h2-5,23H,6-7H2,1H3,(H,20,21)(H2,16,17,19,22). The Hall–Kier alpha value is -2.59. The molecule has 0 aliphatic rings. The predicted molar refractivity (Wildman–Crippen MR) is 84.4 cm³/mol. The number of rotatable bonds is 6. The van der Waals surface area contributed by atoms with Gasteiger partial charge < -0.3 is 15.5 Å². The third kappa shape index (κ3) is 4.96. The maximum Gasteiger partial charge on any atom is 0.337 e. The van der Waals surface area contributed by atoms with Gasteiger partial charge in [-0.15, -0.1) is 10.2 Å². The number of hydrogen-bond acceptors (Lipinski definition) is 6. The molecule has 0 saturated heterocycles. The van der Waals surface area contributed by atoms with Crippen molar-refractivity contribution in [3.8, 4) is 0 Å². The average molecular weight is 354 g/mol. The van der Waals surface area contributed by atoms with Crippen molar-refractivity contribution in [2.24, 2.45) is 0 Å². The van der Waals surface area contributed by atoms with Gasteiger partial charge in [0.05, 0.1) is 6.54 Å². The molecule has 2 aromatic rings. The summed E-state index contributed by atoms with van der Waals surface area (Å²) in [5, 5.41) is 31.3. The van der Waals surface area contributed by atoms with Crippen LogP contribution in [0.15, 0.2) is 24.3 Å². The van der Waals surface area contributed by atoms with Gasteiger partial charge >= 0.3 is 12.0 Å². The molecule has 0 aliphatic carbocycles. The average Bonchev–Trinajstić information content (AvgIpc) is 2.92. The summed E-state index contributed by atoms with van der Waals surface area (Å²) in [4.78, 5) is 22.4. The maximum absolute atomic E-state index is 13.1. The lowest BCUT2D eigenvalue weighted by molar-refractivity contribution is -0.155. The number of carboxylic acid groups (broad SMARTS) is 1. The number of hydrogen-bond donors (Lipinski definition) is 4. The van der Waals surface area contributed by atoms with Gasteiger partial charge in [0.2, 0.25) is 5.13 Å². The minimum absolute atomic E-state index is 0.203. The van der Waals surface area contributed by atoms with Crippen molar-refractivity contribution in [3.05, 3.63) is 40.7 Å². The smallest absolute Gasteiger partial charge is 0.337 e. The van der Waals surface area contributed by atoms with Crippen LogP contribution in [0.3, 0.4) is 0 Å². The van der Waals surface area contributed by atoms with Gasteiger partial charge in [0.1, 0.15) is 10.8 Å². The van der Waals surface area contributed by atoms with Crippen molar-refractivity contribution < 1.29 is 24.2 Å². The van der Waals surface area contributed by atoms with E-state index in [1.165, 1.54) is 12.1 Å². The van der Waals surface area contributed by atoms with E-state index in [2.05, 4.69) is 20.8 Å². The van der Waals surface area contributed by atoms with Crippen molar-refractivity contribution in [3.63, 3.8) is 0 Å². The molecule has 1 heterocycles. The molecule has 0 fully saturated rings. The number of nitrogens with one attached hydrogen (secondary N) is 2. The van der Waals surface area contributed by atoms with E-state index in [0.717, 1.165) is 23.8 Å². The molecular weight excluding hydrogens is 339 g/mol. The number of aliphatic hydroxyl groups is 1. The molecule has 2 rings (SSSR count). The largest absolute Gasteiger partial charge is 0.479 e. The van der Waals surface area contributed by atoms with Crippen LogP contribution in [-0.2, 0) is 11.2 Å². The first-order chi connectivity index (χ1) is 11.3. The highest BCUT2D eigenvalue weighted by atomic mass is 32.1. The minimum Gasteiger partial charge on any atom is -0.479 e. The van der Waals surface area contributed by atoms with Crippen LogP contribution in [0.2, 0.25) is 0 Å². The lowest BCUT2D eigenvalue weighted by atomic mass is 10.1. The Bertz CT molecular complexity index is 750. The molecule has 4 N–H and O–H groups in total. The molecule has 128 valence electrons. The Labute approximate surface area is 140 Å². The SMILES string of the molecule is CC(O)(CNC(=O)Nc1nnc(Cc2cccc(F)c2)s1)C(=O)O. The fourth-order valence-corrected chi connectivity index (χ4v) is 2.44. The lowest BCUT2D eigenvalue weighted by Gasteiger charge is -2.17. The molecule has 0 saturated carbocycles. The number of urea groups is 1. The fourth-order valence-electron chi connectivity index (χ4n) is 1.67. The monoisotopic (exact) mass is 354 g/mol. The zero-order valence-electron chi connectivity index (χ0n) is 12.6. The number of aliphatic carboxylic acids is 1. The third-order valence-corrected chi connectivity index (χ3v) is 3.82. The minimum atomic E-state index is -2.07. The molecule has 0 aliphatic heterocycles. The van der Waals surface area contributed by atoms with Crippen molar-refractivity contribution in [1.29, 1.82) is 0 Å². The van der Waals surface area contributed by atoms with E-state index in [4.69, 9.17) is 5.11 Å². The van der Waals surface area contributed by atoms with Crippen LogP contribution >= 0.6 is 11.3 Å². The molecule has 2 amide bonds. The van der Waals surface area contributed by atoms with E-state index in [9.17, 15) is 19.1 Å². The van der Waals surface area contributed by atoms with E-state index in [1.54, 1.807) is 12.1 Å². The number of carboxylic acids is 1. The number of anilines is 1. The molecule has 1 aromatic carbocycles. The number of carbonyl (C=O) groups is 2. The normalized spacial score (nSPS) is 13.1. The highest BCUT2D eigenvalue weighted by Gasteiger charge is 2.30.